The van der Waals surface area contributed by atoms with E-state index in [0.717, 1.165) is 13.0 Å². The smallest absolute Gasteiger partial charge is 0.0385 e. The molecule has 0 aliphatic heterocycles. The first-order valence-corrected chi connectivity index (χ1v) is 5.90. The van der Waals surface area contributed by atoms with E-state index >= 15 is 0 Å². The molecule has 0 saturated heterocycles. The summed E-state index contributed by atoms with van der Waals surface area (Å²) in [5.74, 6) is 0. The van der Waals surface area contributed by atoms with Gasteiger partial charge in [-0.05, 0) is 19.1 Å². The molecule has 0 unspecified atom stereocenters. The van der Waals surface area contributed by atoms with Crippen molar-refractivity contribution in [2.75, 3.05) is 6.54 Å². The van der Waals surface area contributed by atoms with E-state index in [1.54, 1.807) is 0 Å². The molecule has 0 saturated carbocycles. The highest BCUT2D eigenvalue weighted by atomic mass is 14.7. The highest BCUT2D eigenvalue weighted by Gasteiger charge is 1.88. The maximum absolute atomic E-state index is 4.30. The predicted molar refractivity (Wildman–Crippen MR) is 61.6 cm³/mol. The lowest BCUT2D eigenvalue weighted by molar-refractivity contribution is 0.593. The van der Waals surface area contributed by atoms with Crippen LogP contribution in [0.2, 0.25) is 0 Å². The third kappa shape index (κ3) is 11.7. The van der Waals surface area contributed by atoms with Crippen LogP contribution in [0.25, 0.3) is 0 Å². The van der Waals surface area contributed by atoms with E-state index in [1.165, 1.54) is 44.9 Å². The summed E-state index contributed by atoms with van der Waals surface area (Å²) in [4.78, 5) is 4.30. The van der Waals surface area contributed by atoms with Crippen LogP contribution < -0.4 is 0 Å². The van der Waals surface area contributed by atoms with Crippen LogP contribution >= 0.6 is 0 Å². The van der Waals surface area contributed by atoms with Crippen LogP contribution in [-0.4, -0.2) is 12.8 Å². The molecule has 0 radical (unpaired) electrons. The summed E-state index contributed by atoms with van der Waals surface area (Å²) in [5.41, 5.74) is 0. The van der Waals surface area contributed by atoms with Gasteiger partial charge in [0.1, 0.15) is 0 Å². The molecular formula is C12H25N. The van der Waals surface area contributed by atoms with Crippen molar-refractivity contribution < 1.29 is 0 Å². The molecule has 0 aromatic carbocycles. The Kier molecular flexibility index (Phi) is 11.4. The van der Waals surface area contributed by atoms with Gasteiger partial charge in [0.05, 0.1) is 0 Å². The minimum atomic E-state index is 1.04. The topological polar surface area (TPSA) is 12.4 Å². The lowest BCUT2D eigenvalue weighted by Gasteiger charge is -1.98. The second-order valence-corrected chi connectivity index (χ2v) is 3.62. The fourth-order valence-corrected chi connectivity index (χ4v) is 1.38. The Labute approximate surface area is 83.6 Å². The Balaban J connectivity index is 2.87. The number of unbranched alkanes of at least 4 members (excludes halogenated alkanes) is 6. The van der Waals surface area contributed by atoms with Gasteiger partial charge in [-0.2, -0.15) is 0 Å². The van der Waals surface area contributed by atoms with E-state index in [9.17, 15) is 0 Å². The average molecular weight is 183 g/mol. The number of aliphatic imine (C=N–C) groups is 1. The van der Waals surface area contributed by atoms with Crippen LogP contribution in [0.4, 0.5) is 0 Å². The second kappa shape index (κ2) is 11.7. The molecule has 1 nitrogen and oxygen atoms in total. The Hall–Kier alpha value is -0.330. The van der Waals surface area contributed by atoms with Crippen LogP contribution in [0.15, 0.2) is 4.99 Å². The van der Waals surface area contributed by atoms with Crippen LogP contribution in [-0.2, 0) is 0 Å². The molecule has 78 valence electrons. The van der Waals surface area contributed by atoms with Gasteiger partial charge in [-0.25, -0.2) is 0 Å². The van der Waals surface area contributed by atoms with Gasteiger partial charge >= 0.3 is 0 Å². The number of hydrogen-bond acceptors (Lipinski definition) is 1. The van der Waals surface area contributed by atoms with E-state index in [4.69, 9.17) is 0 Å². The molecule has 0 aliphatic rings. The van der Waals surface area contributed by atoms with Crippen LogP contribution in [0.3, 0.4) is 0 Å². The molecule has 0 atom stereocenters. The minimum absolute atomic E-state index is 1.04. The zero-order valence-corrected chi connectivity index (χ0v) is 9.39. The summed E-state index contributed by atoms with van der Waals surface area (Å²) in [6.07, 6.45) is 12.8. The van der Waals surface area contributed by atoms with Crippen molar-refractivity contribution in [1.82, 2.24) is 0 Å². The van der Waals surface area contributed by atoms with E-state index in [-0.39, 0.29) is 0 Å². The van der Waals surface area contributed by atoms with Crippen molar-refractivity contribution in [2.45, 2.75) is 65.2 Å². The molecule has 0 bridgehead atoms. The summed E-state index contributed by atoms with van der Waals surface area (Å²) >= 11 is 0. The lowest BCUT2D eigenvalue weighted by atomic mass is 10.1. The largest absolute Gasteiger partial charge is 0.298 e. The monoisotopic (exact) mass is 183 g/mol. The lowest BCUT2D eigenvalue weighted by Crippen LogP contribution is -1.84. The SMILES string of the molecule is CC/C=N/CCCCCCCCC. The quantitative estimate of drug-likeness (QED) is 0.375. The highest BCUT2D eigenvalue weighted by Crippen LogP contribution is 2.06. The molecule has 0 aromatic heterocycles. The highest BCUT2D eigenvalue weighted by molar-refractivity contribution is 5.56. The molecule has 0 fully saturated rings. The number of nitrogens with zero attached hydrogens (tertiary/aromatic N) is 1. The third-order valence-electron chi connectivity index (χ3n) is 2.20. The van der Waals surface area contributed by atoms with E-state index < -0.39 is 0 Å². The fraction of sp³-hybridized carbons (Fsp3) is 0.917. The number of rotatable bonds is 9. The first-order chi connectivity index (χ1) is 6.41. The van der Waals surface area contributed by atoms with Crippen molar-refractivity contribution >= 4 is 6.21 Å². The van der Waals surface area contributed by atoms with Crippen LogP contribution in [0.5, 0.6) is 0 Å². The summed E-state index contributed by atoms with van der Waals surface area (Å²) in [6.45, 7) is 5.44. The molecule has 0 aliphatic carbocycles. The Morgan fingerprint density at radius 1 is 0.846 bits per heavy atom. The Morgan fingerprint density at radius 2 is 1.46 bits per heavy atom. The summed E-state index contributed by atoms with van der Waals surface area (Å²) in [5, 5.41) is 0. The molecule has 1 heteroatoms. The van der Waals surface area contributed by atoms with Crippen LogP contribution in [0.1, 0.15) is 65.2 Å². The third-order valence-corrected chi connectivity index (χ3v) is 2.20. The van der Waals surface area contributed by atoms with E-state index in [1.807, 2.05) is 6.21 Å². The molecule has 13 heavy (non-hydrogen) atoms. The molecule has 0 rings (SSSR count). The molecule has 0 heterocycles. The van der Waals surface area contributed by atoms with Crippen molar-refractivity contribution in [1.29, 1.82) is 0 Å². The molecule has 0 N–H and O–H groups in total. The average Bonchev–Trinajstić information content (AvgIpc) is 2.16. The first kappa shape index (κ1) is 12.7. The van der Waals surface area contributed by atoms with Gasteiger partial charge in [0.15, 0.2) is 0 Å². The van der Waals surface area contributed by atoms with Crippen molar-refractivity contribution in [3.8, 4) is 0 Å². The van der Waals surface area contributed by atoms with Gasteiger partial charge < -0.3 is 0 Å². The van der Waals surface area contributed by atoms with Crippen molar-refractivity contribution in [3.05, 3.63) is 0 Å². The van der Waals surface area contributed by atoms with E-state index in [2.05, 4.69) is 18.8 Å². The van der Waals surface area contributed by atoms with Gasteiger partial charge in [-0.1, -0.05) is 52.4 Å². The van der Waals surface area contributed by atoms with Crippen LogP contribution in [0, 0.1) is 0 Å². The molecule has 0 aromatic rings. The van der Waals surface area contributed by atoms with Gasteiger partial charge in [0.2, 0.25) is 0 Å². The minimum Gasteiger partial charge on any atom is -0.298 e. The second-order valence-electron chi connectivity index (χ2n) is 3.62. The standard InChI is InChI=1S/C12H25N/c1-3-5-6-7-8-9-10-12-13-11-4-2/h11H,3-10,12H2,1-2H3/b13-11+. The summed E-state index contributed by atoms with van der Waals surface area (Å²) < 4.78 is 0. The van der Waals surface area contributed by atoms with Crippen molar-refractivity contribution in [3.63, 3.8) is 0 Å². The summed E-state index contributed by atoms with van der Waals surface area (Å²) in [7, 11) is 0. The van der Waals surface area contributed by atoms with Crippen molar-refractivity contribution in [2.24, 2.45) is 4.99 Å². The molecule has 0 spiro atoms. The summed E-state index contributed by atoms with van der Waals surface area (Å²) in [6, 6.07) is 0. The zero-order chi connectivity index (χ0) is 9.78. The van der Waals surface area contributed by atoms with Gasteiger partial charge in [-0.15, -0.1) is 0 Å². The Bertz CT molecular complexity index is 108. The number of hydrogen-bond donors (Lipinski definition) is 0. The maximum Gasteiger partial charge on any atom is 0.0385 e. The molecule has 0 amide bonds. The predicted octanol–water partition coefficient (Wildman–Crippen LogP) is 4.22. The fourth-order valence-electron chi connectivity index (χ4n) is 1.38. The van der Waals surface area contributed by atoms with Gasteiger partial charge in [0, 0.05) is 6.54 Å². The zero-order valence-electron chi connectivity index (χ0n) is 9.39. The van der Waals surface area contributed by atoms with Gasteiger partial charge in [0.25, 0.3) is 0 Å². The van der Waals surface area contributed by atoms with Gasteiger partial charge in [-0.3, -0.25) is 4.99 Å². The normalized spacial score (nSPS) is 11.2. The first-order valence-electron chi connectivity index (χ1n) is 5.90. The Morgan fingerprint density at radius 3 is 2.08 bits per heavy atom. The molecular weight excluding hydrogens is 158 g/mol. The maximum atomic E-state index is 4.30. The van der Waals surface area contributed by atoms with E-state index in [0.29, 0.717) is 0 Å².